The maximum Gasteiger partial charge on any atom is 0.339 e. The summed E-state index contributed by atoms with van der Waals surface area (Å²) < 4.78 is 16.3. The number of ether oxygens (including phenoxy) is 3. The van der Waals surface area contributed by atoms with Crippen molar-refractivity contribution < 1.29 is 23.8 Å². The third-order valence-electron chi connectivity index (χ3n) is 4.39. The van der Waals surface area contributed by atoms with Crippen LogP contribution >= 0.6 is 0 Å². The van der Waals surface area contributed by atoms with Gasteiger partial charge in [0.2, 0.25) is 11.8 Å². The van der Waals surface area contributed by atoms with Crippen molar-refractivity contribution in [2.75, 3.05) is 12.4 Å². The summed E-state index contributed by atoms with van der Waals surface area (Å²) in [6.07, 6.45) is 0.923. The van der Waals surface area contributed by atoms with Gasteiger partial charge in [-0.05, 0) is 38.5 Å². The topological polar surface area (TPSA) is 99.6 Å². The van der Waals surface area contributed by atoms with Crippen LogP contribution in [0, 0.1) is 0 Å². The fourth-order valence-corrected chi connectivity index (χ4v) is 2.84. The fraction of sp³-hybridized carbons (Fsp3) is 0.250. The highest BCUT2D eigenvalue weighted by molar-refractivity contribution is 6.04. The molecule has 8 nitrogen and oxygen atoms in total. The lowest BCUT2D eigenvalue weighted by atomic mass is 10.1. The molecule has 0 aliphatic carbocycles. The van der Waals surface area contributed by atoms with Crippen LogP contribution in [0.15, 0.2) is 60.8 Å². The van der Waals surface area contributed by atoms with Crippen LogP contribution in [0.25, 0.3) is 0 Å². The monoisotopic (exact) mass is 435 g/mol. The van der Waals surface area contributed by atoms with Gasteiger partial charge in [-0.25, -0.2) is 9.78 Å². The van der Waals surface area contributed by atoms with Gasteiger partial charge < -0.3 is 19.5 Å². The van der Waals surface area contributed by atoms with Crippen molar-refractivity contribution >= 4 is 17.7 Å². The standard InChI is InChI=1S/C24H25N3O5/c1-15(2)31-21-12-19(13-22(27-21)32-16(3)17-8-6-5-7-9-17)23(28)26-20-11-10-18(14-25-20)24(29)30-4/h5-16H,1-4H3,(H,25,26,28)/t16-/m1/s1. The van der Waals surface area contributed by atoms with Gasteiger partial charge in [-0.1, -0.05) is 30.3 Å². The SMILES string of the molecule is COC(=O)c1ccc(NC(=O)c2cc(OC(C)C)nc(O[C@H](C)c3ccccc3)c2)nc1. The Morgan fingerprint density at radius 1 is 0.906 bits per heavy atom. The molecule has 1 amide bonds. The highest BCUT2D eigenvalue weighted by Gasteiger charge is 2.16. The number of aromatic nitrogens is 2. The highest BCUT2D eigenvalue weighted by atomic mass is 16.5. The van der Waals surface area contributed by atoms with Crippen molar-refractivity contribution in [3.05, 3.63) is 77.5 Å². The normalized spacial score (nSPS) is 11.5. The van der Waals surface area contributed by atoms with E-state index in [1.165, 1.54) is 31.5 Å². The molecule has 0 radical (unpaired) electrons. The Morgan fingerprint density at radius 3 is 2.19 bits per heavy atom. The first kappa shape index (κ1) is 22.7. The molecule has 0 saturated heterocycles. The maximum atomic E-state index is 12.9. The molecule has 166 valence electrons. The second-order valence-electron chi connectivity index (χ2n) is 7.25. The quantitative estimate of drug-likeness (QED) is 0.522. The number of carbonyl (C=O) groups is 2. The van der Waals surface area contributed by atoms with Crippen molar-refractivity contribution in [1.82, 2.24) is 9.97 Å². The molecule has 32 heavy (non-hydrogen) atoms. The predicted molar refractivity (Wildman–Crippen MR) is 119 cm³/mol. The van der Waals surface area contributed by atoms with E-state index in [4.69, 9.17) is 9.47 Å². The van der Waals surface area contributed by atoms with Crippen molar-refractivity contribution in [1.29, 1.82) is 0 Å². The van der Waals surface area contributed by atoms with Gasteiger partial charge in [0.1, 0.15) is 11.9 Å². The van der Waals surface area contributed by atoms with Crippen LogP contribution in [-0.4, -0.2) is 35.1 Å². The first-order valence-corrected chi connectivity index (χ1v) is 10.1. The summed E-state index contributed by atoms with van der Waals surface area (Å²) in [6, 6.07) is 15.8. The lowest BCUT2D eigenvalue weighted by Crippen LogP contribution is -2.15. The lowest BCUT2D eigenvalue weighted by Gasteiger charge is -2.17. The molecular weight excluding hydrogens is 410 g/mol. The van der Waals surface area contributed by atoms with Crippen LogP contribution in [0.1, 0.15) is 53.2 Å². The molecule has 1 aromatic carbocycles. The Bertz CT molecular complexity index is 1070. The minimum Gasteiger partial charge on any atom is -0.475 e. The van der Waals surface area contributed by atoms with Crippen LogP contribution in [0.3, 0.4) is 0 Å². The third kappa shape index (κ3) is 6.04. The number of amides is 1. The van der Waals surface area contributed by atoms with Gasteiger partial charge in [-0.15, -0.1) is 0 Å². The molecule has 0 bridgehead atoms. The van der Waals surface area contributed by atoms with Gasteiger partial charge in [-0.2, -0.15) is 4.98 Å². The summed E-state index contributed by atoms with van der Waals surface area (Å²) in [7, 11) is 1.29. The summed E-state index contributed by atoms with van der Waals surface area (Å²) >= 11 is 0. The number of methoxy groups -OCH3 is 1. The molecule has 0 aliphatic heterocycles. The average Bonchev–Trinajstić information content (AvgIpc) is 2.79. The molecule has 1 N–H and O–H groups in total. The van der Waals surface area contributed by atoms with E-state index in [1.807, 2.05) is 51.1 Å². The Morgan fingerprint density at radius 2 is 1.59 bits per heavy atom. The largest absolute Gasteiger partial charge is 0.475 e. The summed E-state index contributed by atoms with van der Waals surface area (Å²) in [5, 5.41) is 2.69. The van der Waals surface area contributed by atoms with Crippen molar-refractivity contribution in [2.24, 2.45) is 0 Å². The van der Waals surface area contributed by atoms with E-state index in [-0.39, 0.29) is 35.3 Å². The number of nitrogens with one attached hydrogen (secondary N) is 1. The van der Waals surface area contributed by atoms with E-state index < -0.39 is 11.9 Å². The number of pyridine rings is 2. The number of esters is 1. The van der Waals surface area contributed by atoms with Crippen molar-refractivity contribution in [2.45, 2.75) is 33.0 Å². The van der Waals surface area contributed by atoms with Gasteiger partial charge in [0, 0.05) is 18.3 Å². The van der Waals surface area contributed by atoms with Crippen LogP contribution in [0.5, 0.6) is 11.8 Å². The number of nitrogens with zero attached hydrogens (tertiary/aromatic N) is 2. The summed E-state index contributed by atoms with van der Waals surface area (Å²) in [5.74, 6) is -0.104. The number of hydrogen-bond donors (Lipinski definition) is 1. The first-order valence-electron chi connectivity index (χ1n) is 10.1. The fourth-order valence-electron chi connectivity index (χ4n) is 2.84. The molecule has 8 heteroatoms. The smallest absolute Gasteiger partial charge is 0.339 e. The molecular formula is C24H25N3O5. The van der Waals surface area contributed by atoms with Crippen molar-refractivity contribution in [3.63, 3.8) is 0 Å². The van der Waals surface area contributed by atoms with E-state index in [1.54, 1.807) is 6.07 Å². The minimum absolute atomic E-state index is 0.132. The molecule has 0 saturated carbocycles. The van der Waals surface area contributed by atoms with Crippen LogP contribution in [-0.2, 0) is 4.74 Å². The zero-order chi connectivity index (χ0) is 23.1. The number of anilines is 1. The minimum atomic E-state index is -0.505. The van der Waals surface area contributed by atoms with E-state index in [0.717, 1.165) is 5.56 Å². The van der Waals surface area contributed by atoms with E-state index in [2.05, 4.69) is 20.0 Å². The maximum absolute atomic E-state index is 12.9. The number of carbonyl (C=O) groups excluding carboxylic acids is 2. The highest BCUT2D eigenvalue weighted by Crippen LogP contribution is 2.25. The Labute approximate surface area is 186 Å². The predicted octanol–water partition coefficient (Wildman–Crippen LogP) is 4.44. The molecule has 0 unspecified atom stereocenters. The van der Waals surface area contributed by atoms with Crippen molar-refractivity contribution in [3.8, 4) is 11.8 Å². The number of rotatable bonds is 8. The summed E-state index contributed by atoms with van der Waals surface area (Å²) in [5.41, 5.74) is 1.56. The van der Waals surface area contributed by atoms with Gasteiger partial charge in [-0.3, -0.25) is 4.79 Å². The molecule has 3 rings (SSSR count). The Kier molecular flexibility index (Phi) is 7.38. The second-order valence-corrected chi connectivity index (χ2v) is 7.25. The Hall–Kier alpha value is -3.94. The average molecular weight is 435 g/mol. The molecule has 2 aromatic heterocycles. The molecule has 1 atom stereocenters. The van der Waals surface area contributed by atoms with E-state index in [0.29, 0.717) is 5.56 Å². The summed E-state index contributed by atoms with van der Waals surface area (Å²) in [6.45, 7) is 5.64. The van der Waals surface area contributed by atoms with Gasteiger partial charge in [0.05, 0.1) is 24.3 Å². The van der Waals surface area contributed by atoms with Gasteiger partial charge >= 0.3 is 5.97 Å². The zero-order valence-corrected chi connectivity index (χ0v) is 18.4. The zero-order valence-electron chi connectivity index (χ0n) is 18.4. The molecule has 0 aliphatic rings. The third-order valence-corrected chi connectivity index (χ3v) is 4.39. The molecule has 0 spiro atoms. The second kappa shape index (κ2) is 10.4. The molecule has 0 fully saturated rings. The van der Waals surface area contributed by atoms with E-state index >= 15 is 0 Å². The number of benzene rings is 1. The Balaban J connectivity index is 1.81. The number of hydrogen-bond acceptors (Lipinski definition) is 7. The van der Waals surface area contributed by atoms with E-state index in [9.17, 15) is 9.59 Å². The summed E-state index contributed by atoms with van der Waals surface area (Å²) in [4.78, 5) is 32.9. The van der Waals surface area contributed by atoms with Crippen LogP contribution < -0.4 is 14.8 Å². The molecule has 2 heterocycles. The first-order chi connectivity index (χ1) is 15.4. The molecule has 3 aromatic rings. The van der Waals surface area contributed by atoms with Crippen LogP contribution in [0.2, 0.25) is 0 Å². The van der Waals surface area contributed by atoms with Gasteiger partial charge in [0.25, 0.3) is 5.91 Å². The van der Waals surface area contributed by atoms with Gasteiger partial charge in [0.15, 0.2) is 0 Å². The van der Waals surface area contributed by atoms with Crippen LogP contribution in [0.4, 0.5) is 5.82 Å². The lowest BCUT2D eigenvalue weighted by molar-refractivity contribution is 0.0600.